The van der Waals surface area contributed by atoms with Crippen LogP contribution in [-0.4, -0.2) is 29.8 Å². The highest BCUT2D eigenvalue weighted by molar-refractivity contribution is 6.21. The van der Waals surface area contributed by atoms with Crippen LogP contribution in [0.3, 0.4) is 0 Å². The Morgan fingerprint density at radius 3 is 2.33 bits per heavy atom. The third-order valence-corrected chi connectivity index (χ3v) is 6.05. The van der Waals surface area contributed by atoms with E-state index in [4.69, 9.17) is 13.9 Å². The lowest BCUT2D eigenvalue weighted by Crippen LogP contribution is -2.29. The molecule has 0 atom stereocenters. The summed E-state index contributed by atoms with van der Waals surface area (Å²) >= 11 is 0. The summed E-state index contributed by atoms with van der Waals surface area (Å²) < 4.78 is 16.1. The van der Waals surface area contributed by atoms with Crippen LogP contribution in [0.15, 0.2) is 75.9 Å². The summed E-state index contributed by atoms with van der Waals surface area (Å²) in [6.45, 7) is 1.71. The Labute approximate surface area is 205 Å². The topological polar surface area (TPSA) is 103 Å². The van der Waals surface area contributed by atoms with Gasteiger partial charge >= 0.3 is 11.6 Å². The third-order valence-electron chi connectivity index (χ3n) is 6.05. The summed E-state index contributed by atoms with van der Waals surface area (Å²) in [4.78, 5) is 51.6. The lowest BCUT2D eigenvalue weighted by Gasteiger charge is -2.16. The molecule has 180 valence electrons. The number of carbonyl (C=O) groups excluding carboxylic acids is 3. The maximum absolute atomic E-state index is 13.0. The number of aryl methyl sites for hydroxylation is 1. The van der Waals surface area contributed by atoms with E-state index in [-0.39, 0.29) is 36.3 Å². The molecule has 8 heteroatoms. The van der Waals surface area contributed by atoms with Crippen LogP contribution in [0.25, 0.3) is 11.0 Å². The van der Waals surface area contributed by atoms with Gasteiger partial charge in [-0.05, 0) is 48.4 Å². The monoisotopic (exact) mass is 483 g/mol. The predicted octanol–water partition coefficient (Wildman–Crippen LogP) is 4.26. The van der Waals surface area contributed by atoms with Crippen molar-refractivity contribution >= 4 is 28.8 Å². The van der Waals surface area contributed by atoms with Crippen molar-refractivity contribution in [2.45, 2.75) is 20.1 Å². The van der Waals surface area contributed by atoms with Gasteiger partial charge < -0.3 is 13.9 Å². The second kappa shape index (κ2) is 9.14. The van der Waals surface area contributed by atoms with Gasteiger partial charge in [-0.3, -0.25) is 14.5 Å². The SMILES string of the molecule is COc1ccc(CN2C(=O)c3ccccc3C2=O)cc1C(=O)OCc1cc(=O)oc2cc(C)ccc12. The molecule has 1 aromatic heterocycles. The highest BCUT2D eigenvalue weighted by Crippen LogP contribution is 2.27. The number of fused-ring (bicyclic) bond motifs is 2. The van der Waals surface area contributed by atoms with Gasteiger partial charge in [0.15, 0.2) is 0 Å². The van der Waals surface area contributed by atoms with Crippen LogP contribution in [0.4, 0.5) is 0 Å². The molecule has 2 amide bonds. The molecule has 0 radical (unpaired) electrons. The van der Waals surface area contributed by atoms with Crippen molar-refractivity contribution in [2.75, 3.05) is 7.11 Å². The highest BCUT2D eigenvalue weighted by Gasteiger charge is 2.35. The Kier molecular flexibility index (Phi) is 5.85. The van der Waals surface area contributed by atoms with Crippen molar-refractivity contribution in [3.8, 4) is 5.75 Å². The second-order valence-corrected chi connectivity index (χ2v) is 8.44. The van der Waals surface area contributed by atoms with E-state index in [0.717, 1.165) is 10.5 Å². The first-order chi connectivity index (χ1) is 17.4. The predicted molar refractivity (Wildman–Crippen MR) is 130 cm³/mol. The van der Waals surface area contributed by atoms with Crippen LogP contribution in [-0.2, 0) is 17.9 Å². The Hall–Kier alpha value is -4.72. The van der Waals surface area contributed by atoms with Gasteiger partial charge in [0.25, 0.3) is 11.8 Å². The molecular formula is C28H21NO7. The molecule has 8 nitrogen and oxygen atoms in total. The molecule has 0 saturated carbocycles. The minimum Gasteiger partial charge on any atom is -0.496 e. The molecule has 0 N–H and O–H groups in total. The number of nitrogens with zero attached hydrogens (tertiary/aromatic N) is 1. The zero-order chi connectivity index (χ0) is 25.4. The molecule has 0 fully saturated rings. The van der Waals surface area contributed by atoms with Crippen LogP contribution in [0, 0.1) is 6.92 Å². The van der Waals surface area contributed by atoms with Gasteiger partial charge in [0.05, 0.1) is 24.8 Å². The van der Waals surface area contributed by atoms with Crippen molar-refractivity contribution in [3.05, 3.63) is 111 Å². The molecular weight excluding hydrogens is 462 g/mol. The molecule has 5 rings (SSSR count). The van der Waals surface area contributed by atoms with E-state index in [0.29, 0.717) is 33.2 Å². The molecule has 1 aliphatic heterocycles. The minimum absolute atomic E-state index is 0.0136. The molecule has 36 heavy (non-hydrogen) atoms. The number of ether oxygens (including phenoxy) is 2. The third kappa shape index (κ3) is 4.13. The largest absolute Gasteiger partial charge is 0.496 e. The van der Waals surface area contributed by atoms with Crippen molar-refractivity contribution in [1.82, 2.24) is 4.90 Å². The van der Waals surface area contributed by atoms with Crippen LogP contribution >= 0.6 is 0 Å². The maximum atomic E-state index is 13.0. The standard InChI is InChI=1S/C28H21NO7/c1-16-7-9-19-18(13-25(30)36-24(19)11-16)15-35-28(33)22-12-17(8-10-23(22)34-2)14-29-26(31)20-5-3-4-6-21(20)27(29)32/h3-13H,14-15H2,1-2H3. The number of hydrogen-bond donors (Lipinski definition) is 0. The van der Waals surface area contributed by atoms with Gasteiger partial charge in [-0.25, -0.2) is 9.59 Å². The number of esters is 1. The number of imide groups is 1. The van der Waals surface area contributed by atoms with E-state index in [1.54, 1.807) is 48.5 Å². The van der Waals surface area contributed by atoms with Gasteiger partial charge in [0.1, 0.15) is 23.5 Å². The van der Waals surface area contributed by atoms with E-state index in [9.17, 15) is 19.2 Å². The van der Waals surface area contributed by atoms with Crippen molar-refractivity contribution < 1.29 is 28.3 Å². The Bertz CT molecular complexity index is 1570. The van der Waals surface area contributed by atoms with Crippen molar-refractivity contribution in [2.24, 2.45) is 0 Å². The molecule has 0 bridgehead atoms. The number of benzene rings is 3. The Morgan fingerprint density at radius 1 is 0.917 bits per heavy atom. The van der Waals surface area contributed by atoms with Gasteiger partial charge in [-0.1, -0.05) is 30.3 Å². The van der Waals surface area contributed by atoms with Crippen LogP contribution in [0.1, 0.15) is 47.8 Å². The average molecular weight is 483 g/mol. The van der Waals surface area contributed by atoms with Gasteiger partial charge in [0, 0.05) is 17.0 Å². The summed E-state index contributed by atoms with van der Waals surface area (Å²) in [5.74, 6) is -1.18. The van der Waals surface area contributed by atoms with E-state index in [2.05, 4.69) is 0 Å². The highest BCUT2D eigenvalue weighted by atomic mass is 16.5. The number of rotatable bonds is 6. The molecule has 0 aliphatic carbocycles. The molecule has 3 aromatic carbocycles. The summed E-state index contributed by atoms with van der Waals surface area (Å²) in [6, 6.07) is 18.1. The van der Waals surface area contributed by atoms with E-state index >= 15 is 0 Å². The fourth-order valence-corrected chi connectivity index (χ4v) is 4.26. The van der Waals surface area contributed by atoms with E-state index in [1.165, 1.54) is 19.2 Å². The number of methoxy groups -OCH3 is 1. The second-order valence-electron chi connectivity index (χ2n) is 8.44. The minimum atomic E-state index is -0.676. The van der Waals surface area contributed by atoms with E-state index in [1.807, 2.05) is 13.0 Å². The van der Waals surface area contributed by atoms with Crippen LogP contribution in [0.2, 0.25) is 0 Å². The molecule has 0 spiro atoms. The van der Waals surface area contributed by atoms with Crippen molar-refractivity contribution in [1.29, 1.82) is 0 Å². The lowest BCUT2D eigenvalue weighted by atomic mass is 10.1. The number of carbonyl (C=O) groups is 3. The molecule has 2 heterocycles. The smallest absolute Gasteiger partial charge is 0.342 e. The maximum Gasteiger partial charge on any atom is 0.342 e. The lowest BCUT2D eigenvalue weighted by molar-refractivity contribution is 0.0470. The molecule has 1 aliphatic rings. The normalized spacial score (nSPS) is 12.7. The first kappa shape index (κ1) is 23.0. The number of amides is 2. The first-order valence-electron chi connectivity index (χ1n) is 11.2. The van der Waals surface area contributed by atoms with Crippen LogP contribution in [0.5, 0.6) is 5.75 Å². The zero-order valence-corrected chi connectivity index (χ0v) is 19.6. The Balaban J connectivity index is 1.38. The molecule has 4 aromatic rings. The summed E-state index contributed by atoms with van der Waals surface area (Å²) in [7, 11) is 1.42. The summed E-state index contributed by atoms with van der Waals surface area (Å²) in [6.07, 6.45) is 0. The first-order valence-corrected chi connectivity index (χ1v) is 11.2. The summed E-state index contributed by atoms with van der Waals surface area (Å²) in [5.41, 5.74) is 2.70. The van der Waals surface area contributed by atoms with Gasteiger partial charge in [-0.15, -0.1) is 0 Å². The van der Waals surface area contributed by atoms with Crippen molar-refractivity contribution in [3.63, 3.8) is 0 Å². The average Bonchev–Trinajstić information content (AvgIpc) is 3.11. The quantitative estimate of drug-likeness (QED) is 0.229. The van der Waals surface area contributed by atoms with Crippen LogP contribution < -0.4 is 10.4 Å². The molecule has 0 unspecified atom stereocenters. The fraction of sp³-hybridized carbons (Fsp3) is 0.143. The van der Waals surface area contributed by atoms with E-state index < -0.39 is 11.6 Å². The fourth-order valence-electron chi connectivity index (χ4n) is 4.26. The van der Waals surface area contributed by atoms with Gasteiger partial charge in [-0.2, -0.15) is 0 Å². The number of hydrogen-bond acceptors (Lipinski definition) is 7. The summed E-state index contributed by atoms with van der Waals surface area (Å²) in [5, 5.41) is 0.666. The Morgan fingerprint density at radius 2 is 1.64 bits per heavy atom. The molecule has 0 saturated heterocycles. The zero-order valence-electron chi connectivity index (χ0n) is 19.6. The van der Waals surface area contributed by atoms with Gasteiger partial charge in [0.2, 0.25) is 0 Å².